The molecular formula is C16H15BrO3. The normalized spacial score (nSPS) is 10.1. The highest BCUT2D eigenvalue weighted by Gasteiger charge is 2.14. The fourth-order valence-electron chi connectivity index (χ4n) is 1.73. The van der Waals surface area contributed by atoms with E-state index in [0.29, 0.717) is 24.5 Å². The molecule has 0 aliphatic heterocycles. The Hall–Kier alpha value is -1.81. The highest BCUT2D eigenvalue weighted by Crippen LogP contribution is 2.25. The molecule has 0 amide bonds. The van der Waals surface area contributed by atoms with Crippen LogP contribution in [0.1, 0.15) is 22.8 Å². The zero-order chi connectivity index (χ0) is 14.4. The molecule has 0 unspecified atom stereocenters. The second kappa shape index (κ2) is 7.10. The largest absolute Gasteiger partial charge is 0.488 e. The molecule has 0 saturated heterocycles. The van der Waals surface area contributed by atoms with Crippen LogP contribution < -0.4 is 4.74 Å². The van der Waals surface area contributed by atoms with Crippen molar-refractivity contribution in [3.05, 3.63) is 64.1 Å². The molecule has 0 heterocycles. The minimum absolute atomic E-state index is 0.337. The molecule has 0 aromatic heterocycles. The summed E-state index contributed by atoms with van der Waals surface area (Å²) in [5, 5.41) is 0. The van der Waals surface area contributed by atoms with Gasteiger partial charge in [0.2, 0.25) is 0 Å². The highest BCUT2D eigenvalue weighted by atomic mass is 79.9. The summed E-state index contributed by atoms with van der Waals surface area (Å²) in [4.78, 5) is 11.9. The van der Waals surface area contributed by atoms with Crippen LogP contribution >= 0.6 is 15.9 Å². The van der Waals surface area contributed by atoms with E-state index in [1.165, 1.54) is 0 Å². The van der Waals surface area contributed by atoms with Crippen LogP contribution in [0.15, 0.2) is 53.0 Å². The molecular weight excluding hydrogens is 320 g/mol. The molecule has 0 saturated carbocycles. The molecule has 2 aromatic rings. The van der Waals surface area contributed by atoms with Gasteiger partial charge in [-0.3, -0.25) is 0 Å². The Morgan fingerprint density at radius 2 is 1.90 bits per heavy atom. The third-order valence-corrected chi connectivity index (χ3v) is 3.17. The summed E-state index contributed by atoms with van der Waals surface area (Å²) >= 11 is 3.35. The van der Waals surface area contributed by atoms with Crippen molar-refractivity contribution in [2.45, 2.75) is 13.5 Å². The zero-order valence-corrected chi connectivity index (χ0v) is 12.7. The number of rotatable bonds is 5. The molecule has 20 heavy (non-hydrogen) atoms. The molecule has 3 nitrogen and oxygen atoms in total. The van der Waals surface area contributed by atoms with Crippen LogP contribution in [0.2, 0.25) is 0 Å². The average Bonchev–Trinajstić information content (AvgIpc) is 2.47. The van der Waals surface area contributed by atoms with Crippen LogP contribution in [0.25, 0.3) is 0 Å². The maximum atomic E-state index is 11.9. The van der Waals surface area contributed by atoms with Crippen LogP contribution in [-0.2, 0) is 11.3 Å². The van der Waals surface area contributed by atoms with Crippen molar-refractivity contribution in [2.24, 2.45) is 0 Å². The molecule has 0 spiro atoms. The van der Waals surface area contributed by atoms with E-state index in [9.17, 15) is 4.79 Å². The minimum atomic E-state index is -0.378. The van der Waals surface area contributed by atoms with Crippen LogP contribution in [0, 0.1) is 0 Å². The molecule has 0 fully saturated rings. The predicted octanol–water partition coefficient (Wildman–Crippen LogP) is 4.20. The number of carbonyl (C=O) groups is 1. The van der Waals surface area contributed by atoms with Crippen LogP contribution in [0.3, 0.4) is 0 Å². The number of benzene rings is 2. The van der Waals surface area contributed by atoms with Crippen molar-refractivity contribution in [2.75, 3.05) is 6.61 Å². The lowest BCUT2D eigenvalue weighted by Gasteiger charge is -2.11. The first-order chi connectivity index (χ1) is 9.70. The second-order valence-electron chi connectivity index (χ2n) is 4.14. The van der Waals surface area contributed by atoms with Gasteiger partial charge in [0.25, 0.3) is 0 Å². The smallest absolute Gasteiger partial charge is 0.341 e. The maximum absolute atomic E-state index is 11.9. The number of hydrogen-bond donors (Lipinski definition) is 0. The minimum Gasteiger partial charge on any atom is -0.488 e. The van der Waals surface area contributed by atoms with E-state index in [-0.39, 0.29) is 5.97 Å². The lowest BCUT2D eigenvalue weighted by molar-refractivity contribution is 0.0521. The lowest BCUT2D eigenvalue weighted by Crippen LogP contribution is -2.08. The van der Waals surface area contributed by atoms with Crippen molar-refractivity contribution in [1.29, 1.82) is 0 Å². The Labute approximate surface area is 126 Å². The summed E-state index contributed by atoms with van der Waals surface area (Å²) in [6, 6.07) is 15.1. The van der Waals surface area contributed by atoms with Crippen molar-refractivity contribution in [1.82, 2.24) is 0 Å². The summed E-state index contributed by atoms with van der Waals surface area (Å²) in [6.07, 6.45) is 0. The summed E-state index contributed by atoms with van der Waals surface area (Å²) in [6.45, 7) is 2.53. The Morgan fingerprint density at radius 1 is 1.15 bits per heavy atom. The van der Waals surface area contributed by atoms with Crippen LogP contribution in [-0.4, -0.2) is 12.6 Å². The standard InChI is InChI=1S/C16H15BrO3/c1-2-19-16(18)14-10-13(17)8-9-15(14)20-11-12-6-4-3-5-7-12/h3-10H,2,11H2,1H3. The summed E-state index contributed by atoms with van der Waals surface area (Å²) in [5.41, 5.74) is 1.47. The van der Waals surface area contributed by atoms with Gasteiger partial charge in [0.05, 0.1) is 6.61 Å². The van der Waals surface area contributed by atoms with Crippen molar-refractivity contribution < 1.29 is 14.3 Å². The average molecular weight is 335 g/mol. The number of halogens is 1. The maximum Gasteiger partial charge on any atom is 0.341 e. The molecule has 0 bridgehead atoms. The van der Waals surface area contributed by atoms with Gasteiger partial charge in [0.1, 0.15) is 17.9 Å². The quantitative estimate of drug-likeness (QED) is 0.768. The number of carbonyl (C=O) groups excluding carboxylic acids is 1. The van der Waals surface area contributed by atoms with Gasteiger partial charge in [0.15, 0.2) is 0 Å². The van der Waals surface area contributed by atoms with E-state index in [1.54, 1.807) is 19.1 Å². The van der Waals surface area contributed by atoms with Crippen LogP contribution in [0.5, 0.6) is 5.75 Å². The van der Waals surface area contributed by atoms with Crippen LogP contribution in [0.4, 0.5) is 0 Å². The molecule has 2 rings (SSSR count). The second-order valence-corrected chi connectivity index (χ2v) is 5.05. The summed E-state index contributed by atoms with van der Waals surface area (Å²) in [7, 11) is 0. The Bertz CT molecular complexity index is 582. The van der Waals surface area contributed by atoms with Crippen molar-refractivity contribution >= 4 is 21.9 Å². The fourth-order valence-corrected chi connectivity index (χ4v) is 2.09. The van der Waals surface area contributed by atoms with Gasteiger partial charge in [-0.15, -0.1) is 0 Å². The Morgan fingerprint density at radius 3 is 2.60 bits per heavy atom. The van der Waals surface area contributed by atoms with E-state index in [0.717, 1.165) is 10.0 Å². The molecule has 2 aromatic carbocycles. The first-order valence-corrected chi connectivity index (χ1v) is 7.13. The molecule has 104 valence electrons. The van der Waals surface area contributed by atoms with E-state index >= 15 is 0 Å². The monoisotopic (exact) mass is 334 g/mol. The van der Waals surface area contributed by atoms with E-state index < -0.39 is 0 Å². The number of ether oxygens (including phenoxy) is 2. The SMILES string of the molecule is CCOC(=O)c1cc(Br)ccc1OCc1ccccc1. The van der Waals surface area contributed by atoms with Gasteiger partial charge in [-0.1, -0.05) is 46.3 Å². The van der Waals surface area contributed by atoms with E-state index in [2.05, 4.69) is 15.9 Å². The number of esters is 1. The summed E-state index contributed by atoms with van der Waals surface area (Å²) in [5.74, 6) is 0.146. The van der Waals surface area contributed by atoms with Gasteiger partial charge in [-0.2, -0.15) is 0 Å². The molecule has 0 radical (unpaired) electrons. The van der Waals surface area contributed by atoms with Gasteiger partial charge < -0.3 is 9.47 Å². The first-order valence-electron chi connectivity index (χ1n) is 6.34. The first kappa shape index (κ1) is 14.6. The van der Waals surface area contributed by atoms with E-state index in [1.807, 2.05) is 36.4 Å². The molecule has 0 aliphatic carbocycles. The molecule has 4 heteroatoms. The molecule has 0 N–H and O–H groups in total. The van der Waals surface area contributed by atoms with Gasteiger partial charge in [-0.05, 0) is 30.7 Å². The lowest BCUT2D eigenvalue weighted by atomic mass is 10.2. The van der Waals surface area contributed by atoms with Crippen molar-refractivity contribution in [3.63, 3.8) is 0 Å². The predicted molar refractivity (Wildman–Crippen MR) is 80.9 cm³/mol. The summed E-state index contributed by atoms with van der Waals surface area (Å²) < 4.78 is 11.6. The van der Waals surface area contributed by atoms with Crippen molar-refractivity contribution in [3.8, 4) is 5.75 Å². The third kappa shape index (κ3) is 3.84. The van der Waals surface area contributed by atoms with Gasteiger partial charge >= 0.3 is 5.97 Å². The molecule has 0 atom stereocenters. The molecule has 0 aliphatic rings. The third-order valence-electron chi connectivity index (χ3n) is 2.67. The Balaban J connectivity index is 2.16. The fraction of sp³-hybridized carbons (Fsp3) is 0.188. The van der Waals surface area contributed by atoms with Gasteiger partial charge in [0, 0.05) is 4.47 Å². The number of hydrogen-bond acceptors (Lipinski definition) is 3. The zero-order valence-electron chi connectivity index (χ0n) is 11.1. The Kier molecular flexibility index (Phi) is 5.18. The topological polar surface area (TPSA) is 35.5 Å². The van der Waals surface area contributed by atoms with E-state index in [4.69, 9.17) is 9.47 Å². The van der Waals surface area contributed by atoms with Gasteiger partial charge in [-0.25, -0.2) is 4.79 Å². The highest BCUT2D eigenvalue weighted by molar-refractivity contribution is 9.10.